The molecular formula is C20H25ClN2O2. The summed E-state index contributed by atoms with van der Waals surface area (Å²) in [6.07, 6.45) is 0. The fraction of sp³-hybridized carbons (Fsp3) is 0.400. The molecular weight excluding hydrogens is 336 g/mol. The molecule has 1 fully saturated rings. The standard InChI is InChI=1S/C20H25ClN2O2/c1-22-9-10-23(14-18(22)16-7-5-4-6-8-16)13-15-11-17(21)20(25-3)19(12-15)24-2/h4-8,11-12,18H,9-10,13-14H2,1-3H3/t18-/m0/s1. The van der Waals surface area contributed by atoms with Gasteiger partial charge in [-0.25, -0.2) is 0 Å². The van der Waals surface area contributed by atoms with E-state index in [-0.39, 0.29) is 0 Å². The summed E-state index contributed by atoms with van der Waals surface area (Å²) in [4.78, 5) is 4.89. The number of rotatable bonds is 5. The summed E-state index contributed by atoms with van der Waals surface area (Å²) in [5.41, 5.74) is 2.50. The summed E-state index contributed by atoms with van der Waals surface area (Å²) in [5.74, 6) is 1.27. The molecule has 1 saturated heterocycles. The lowest BCUT2D eigenvalue weighted by molar-refractivity contribution is 0.0904. The molecule has 0 radical (unpaired) electrons. The second-order valence-electron chi connectivity index (χ2n) is 6.46. The Hall–Kier alpha value is -1.75. The smallest absolute Gasteiger partial charge is 0.179 e. The highest BCUT2D eigenvalue weighted by Gasteiger charge is 2.26. The van der Waals surface area contributed by atoms with Gasteiger partial charge in [-0.2, -0.15) is 0 Å². The van der Waals surface area contributed by atoms with Crippen LogP contribution < -0.4 is 9.47 Å². The number of methoxy groups -OCH3 is 2. The summed E-state index contributed by atoms with van der Waals surface area (Å²) in [6.45, 7) is 3.91. The van der Waals surface area contributed by atoms with E-state index in [9.17, 15) is 0 Å². The molecule has 3 rings (SSSR count). The molecule has 1 aliphatic heterocycles. The summed E-state index contributed by atoms with van der Waals surface area (Å²) >= 11 is 6.35. The fourth-order valence-electron chi connectivity index (χ4n) is 3.43. The Labute approximate surface area is 154 Å². The van der Waals surface area contributed by atoms with E-state index in [1.54, 1.807) is 14.2 Å². The first-order chi connectivity index (χ1) is 12.1. The average Bonchev–Trinajstić information content (AvgIpc) is 2.63. The van der Waals surface area contributed by atoms with E-state index in [0.717, 1.165) is 31.7 Å². The van der Waals surface area contributed by atoms with Crippen LogP contribution in [0.3, 0.4) is 0 Å². The van der Waals surface area contributed by atoms with Gasteiger partial charge in [0.25, 0.3) is 0 Å². The number of halogens is 1. The van der Waals surface area contributed by atoms with Crippen molar-refractivity contribution in [1.29, 1.82) is 0 Å². The number of likely N-dealkylation sites (N-methyl/N-ethyl adjacent to an activating group) is 1. The van der Waals surface area contributed by atoms with Crippen LogP contribution in [-0.2, 0) is 6.54 Å². The molecule has 0 aliphatic carbocycles. The lowest BCUT2D eigenvalue weighted by Gasteiger charge is -2.39. The Morgan fingerprint density at radius 3 is 2.52 bits per heavy atom. The van der Waals surface area contributed by atoms with Crippen molar-refractivity contribution in [3.63, 3.8) is 0 Å². The van der Waals surface area contributed by atoms with Gasteiger partial charge in [0.1, 0.15) is 0 Å². The maximum Gasteiger partial charge on any atom is 0.179 e. The molecule has 0 aromatic heterocycles. The van der Waals surface area contributed by atoms with Gasteiger partial charge in [0, 0.05) is 32.2 Å². The molecule has 0 spiro atoms. The van der Waals surface area contributed by atoms with Gasteiger partial charge in [0.2, 0.25) is 0 Å². The molecule has 4 nitrogen and oxygen atoms in total. The molecule has 5 heteroatoms. The van der Waals surface area contributed by atoms with E-state index >= 15 is 0 Å². The third kappa shape index (κ3) is 4.09. The van der Waals surface area contributed by atoms with Gasteiger partial charge in [0.15, 0.2) is 11.5 Å². The summed E-state index contributed by atoms with van der Waals surface area (Å²) < 4.78 is 10.7. The largest absolute Gasteiger partial charge is 0.493 e. The van der Waals surface area contributed by atoms with Gasteiger partial charge in [-0.05, 0) is 30.3 Å². The summed E-state index contributed by atoms with van der Waals surface area (Å²) in [7, 11) is 5.44. The van der Waals surface area contributed by atoms with Crippen LogP contribution >= 0.6 is 11.6 Å². The molecule has 134 valence electrons. The maximum absolute atomic E-state index is 6.35. The minimum Gasteiger partial charge on any atom is -0.493 e. The number of ether oxygens (including phenoxy) is 2. The lowest BCUT2D eigenvalue weighted by Crippen LogP contribution is -2.46. The maximum atomic E-state index is 6.35. The molecule has 2 aromatic carbocycles. The van der Waals surface area contributed by atoms with Crippen LogP contribution in [0.15, 0.2) is 42.5 Å². The minimum absolute atomic E-state index is 0.408. The highest BCUT2D eigenvalue weighted by molar-refractivity contribution is 6.32. The Morgan fingerprint density at radius 2 is 1.84 bits per heavy atom. The van der Waals surface area contributed by atoms with Crippen molar-refractivity contribution >= 4 is 11.6 Å². The molecule has 0 unspecified atom stereocenters. The van der Waals surface area contributed by atoms with E-state index in [2.05, 4.69) is 47.2 Å². The highest BCUT2D eigenvalue weighted by Crippen LogP contribution is 2.36. The summed E-state index contributed by atoms with van der Waals surface area (Å²) in [5, 5.41) is 0.589. The van der Waals surface area contributed by atoms with Gasteiger partial charge < -0.3 is 9.47 Å². The van der Waals surface area contributed by atoms with Gasteiger partial charge in [-0.1, -0.05) is 41.9 Å². The van der Waals surface area contributed by atoms with E-state index in [0.29, 0.717) is 22.6 Å². The van der Waals surface area contributed by atoms with E-state index < -0.39 is 0 Å². The van der Waals surface area contributed by atoms with Crippen LogP contribution in [0.1, 0.15) is 17.2 Å². The van der Waals surface area contributed by atoms with Crippen molar-refractivity contribution in [2.45, 2.75) is 12.6 Å². The average molecular weight is 361 g/mol. The molecule has 2 aromatic rings. The van der Waals surface area contributed by atoms with Crippen LogP contribution in [0.4, 0.5) is 0 Å². The number of nitrogens with zero attached hydrogens (tertiary/aromatic N) is 2. The summed E-state index contributed by atoms with van der Waals surface area (Å²) in [6, 6.07) is 15.1. The normalized spacial score (nSPS) is 19.0. The first-order valence-corrected chi connectivity index (χ1v) is 8.88. The monoisotopic (exact) mass is 360 g/mol. The van der Waals surface area contributed by atoms with Crippen molar-refractivity contribution in [1.82, 2.24) is 9.80 Å². The van der Waals surface area contributed by atoms with Gasteiger partial charge in [-0.3, -0.25) is 9.80 Å². The second-order valence-corrected chi connectivity index (χ2v) is 6.86. The zero-order valence-corrected chi connectivity index (χ0v) is 15.8. The number of piperazine rings is 1. The Balaban J connectivity index is 1.76. The van der Waals surface area contributed by atoms with E-state index in [1.165, 1.54) is 5.56 Å². The second kappa shape index (κ2) is 8.09. The predicted molar refractivity (Wildman–Crippen MR) is 102 cm³/mol. The Morgan fingerprint density at radius 1 is 1.08 bits per heavy atom. The first kappa shape index (κ1) is 18.1. The molecule has 1 heterocycles. The van der Waals surface area contributed by atoms with E-state index in [1.807, 2.05) is 12.1 Å². The Kier molecular flexibility index (Phi) is 5.84. The molecule has 0 amide bonds. The molecule has 0 N–H and O–H groups in total. The van der Waals surface area contributed by atoms with Gasteiger partial charge in [0.05, 0.1) is 19.2 Å². The third-order valence-corrected chi connectivity index (χ3v) is 5.10. The SMILES string of the molecule is COc1cc(CN2CCN(C)[C@H](c3ccccc3)C2)cc(Cl)c1OC. The van der Waals surface area contributed by atoms with Crippen molar-refractivity contribution in [2.75, 3.05) is 40.9 Å². The third-order valence-electron chi connectivity index (χ3n) is 4.82. The first-order valence-electron chi connectivity index (χ1n) is 8.50. The van der Waals surface area contributed by atoms with Gasteiger partial charge in [-0.15, -0.1) is 0 Å². The predicted octanol–water partition coefficient (Wildman–Crippen LogP) is 3.85. The fourth-order valence-corrected chi connectivity index (χ4v) is 3.74. The van der Waals surface area contributed by atoms with E-state index in [4.69, 9.17) is 21.1 Å². The number of hydrogen-bond acceptors (Lipinski definition) is 4. The molecule has 0 bridgehead atoms. The molecule has 1 aliphatic rings. The number of hydrogen-bond donors (Lipinski definition) is 0. The Bertz CT molecular complexity index is 708. The topological polar surface area (TPSA) is 24.9 Å². The molecule has 0 saturated carbocycles. The zero-order chi connectivity index (χ0) is 17.8. The minimum atomic E-state index is 0.408. The van der Waals surface area contributed by atoms with Crippen LogP contribution in [0, 0.1) is 0 Å². The van der Waals surface area contributed by atoms with Crippen LogP contribution in [0.2, 0.25) is 5.02 Å². The lowest BCUT2D eigenvalue weighted by atomic mass is 10.0. The van der Waals surface area contributed by atoms with Crippen molar-refractivity contribution in [3.05, 3.63) is 58.6 Å². The molecule has 1 atom stereocenters. The molecule has 25 heavy (non-hydrogen) atoms. The highest BCUT2D eigenvalue weighted by atomic mass is 35.5. The van der Waals surface area contributed by atoms with Gasteiger partial charge >= 0.3 is 0 Å². The van der Waals surface area contributed by atoms with Crippen LogP contribution in [-0.4, -0.2) is 50.7 Å². The quantitative estimate of drug-likeness (QED) is 0.808. The zero-order valence-electron chi connectivity index (χ0n) is 15.0. The van der Waals surface area contributed by atoms with Crippen molar-refractivity contribution in [2.24, 2.45) is 0 Å². The van der Waals surface area contributed by atoms with Crippen molar-refractivity contribution in [3.8, 4) is 11.5 Å². The number of benzene rings is 2. The van der Waals surface area contributed by atoms with Crippen molar-refractivity contribution < 1.29 is 9.47 Å². The van der Waals surface area contributed by atoms with Crippen LogP contribution in [0.5, 0.6) is 11.5 Å². The van der Waals surface area contributed by atoms with Crippen LogP contribution in [0.25, 0.3) is 0 Å².